The average molecular weight is 181 g/mol. The molecule has 3 N–H and O–H groups in total. The number of aryl methyl sites for hydroxylation is 1. The van der Waals surface area contributed by atoms with Crippen LogP contribution in [0.5, 0.6) is 0 Å². The fraction of sp³-hybridized carbons (Fsp3) is 0.667. The number of hydrogen-bond donors (Lipinski definition) is 2. The molecule has 1 aliphatic rings. The van der Waals surface area contributed by atoms with Crippen molar-refractivity contribution in [2.75, 3.05) is 5.73 Å². The van der Waals surface area contributed by atoms with E-state index in [9.17, 15) is 5.11 Å². The molecule has 72 valence electrons. The Labute approximate surface area is 77.4 Å². The number of hydrogen-bond acceptors (Lipinski definition) is 3. The zero-order valence-electron chi connectivity index (χ0n) is 7.61. The van der Waals surface area contributed by atoms with Gasteiger partial charge in [0.2, 0.25) is 0 Å². The highest BCUT2D eigenvalue weighted by atomic mass is 16.3. The molecule has 1 aliphatic carbocycles. The van der Waals surface area contributed by atoms with Crippen LogP contribution < -0.4 is 5.73 Å². The second-order valence-corrected chi connectivity index (χ2v) is 3.83. The summed E-state index contributed by atoms with van der Waals surface area (Å²) in [6, 6.07) is 1.77. The Bertz CT molecular complexity index is 291. The van der Waals surface area contributed by atoms with E-state index in [4.69, 9.17) is 5.73 Å². The summed E-state index contributed by atoms with van der Waals surface area (Å²) in [4.78, 5) is 0. The molecule has 0 unspecified atom stereocenters. The lowest BCUT2D eigenvalue weighted by atomic mass is 9.78. The monoisotopic (exact) mass is 181 g/mol. The molecule has 2 rings (SSSR count). The van der Waals surface area contributed by atoms with Crippen molar-refractivity contribution in [1.29, 1.82) is 0 Å². The van der Waals surface area contributed by atoms with Gasteiger partial charge in [0.25, 0.3) is 0 Å². The van der Waals surface area contributed by atoms with Crippen LogP contribution >= 0.6 is 0 Å². The minimum absolute atomic E-state index is 0.416. The molecule has 0 amide bonds. The van der Waals surface area contributed by atoms with Crippen LogP contribution in [0, 0.1) is 0 Å². The summed E-state index contributed by atoms with van der Waals surface area (Å²) in [5, 5.41) is 13.9. The first kappa shape index (κ1) is 8.56. The quantitative estimate of drug-likeness (QED) is 0.724. The van der Waals surface area contributed by atoms with Crippen LogP contribution in [0.4, 0.5) is 5.82 Å². The summed E-state index contributed by atoms with van der Waals surface area (Å²) in [5.41, 5.74) is 5.05. The summed E-state index contributed by atoms with van der Waals surface area (Å²) in [5.74, 6) is 0.542. The molecule has 0 atom stereocenters. The van der Waals surface area contributed by atoms with Crippen LogP contribution in [-0.2, 0) is 6.54 Å². The molecule has 1 aromatic rings. The number of rotatable bonds is 3. The van der Waals surface area contributed by atoms with E-state index < -0.39 is 5.60 Å². The smallest absolute Gasteiger partial charge is 0.145 e. The Hall–Kier alpha value is -1.03. The van der Waals surface area contributed by atoms with Gasteiger partial charge in [-0.1, -0.05) is 0 Å². The van der Waals surface area contributed by atoms with Gasteiger partial charge in [-0.2, -0.15) is 5.10 Å². The van der Waals surface area contributed by atoms with Gasteiger partial charge in [0.15, 0.2) is 0 Å². The maximum atomic E-state index is 9.81. The lowest BCUT2D eigenvalue weighted by Crippen LogP contribution is -2.37. The van der Waals surface area contributed by atoms with Gasteiger partial charge < -0.3 is 10.8 Å². The maximum absolute atomic E-state index is 9.81. The first-order chi connectivity index (χ1) is 6.18. The van der Waals surface area contributed by atoms with Crippen molar-refractivity contribution in [3.05, 3.63) is 12.3 Å². The van der Waals surface area contributed by atoms with Crippen LogP contribution in [0.2, 0.25) is 0 Å². The highest BCUT2D eigenvalue weighted by molar-refractivity contribution is 5.23. The molecule has 1 heterocycles. The number of nitrogens with zero attached hydrogens (tertiary/aromatic N) is 2. The van der Waals surface area contributed by atoms with Crippen molar-refractivity contribution in [2.45, 2.75) is 37.8 Å². The van der Waals surface area contributed by atoms with Gasteiger partial charge in [-0.05, 0) is 31.7 Å². The average Bonchev–Trinajstić information content (AvgIpc) is 2.44. The Morgan fingerprint density at radius 2 is 2.38 bits per heavy atom. The van der Waals surface area contributed by atoms with Crippen molar-refractivity contribution in [2.24, 2.45) is 0 Å². The van der Waals surface area contributed by atoms with Gasteiger partial charge in [-0.25, -0.2) is 0 Å². The largest absolute Gasteiger partial charge is 0.390 e. The van der Waals surface area contributed by atoms with E-state index in [0.717, 1.165) is 32.2 Å². The number of nitrogen functional groups attached to an aromatic ring is 1. The molecular weight excluding hydrogens is 166 g/mol. The summed E-state index contributed by atoms with van der Waals surface area (Å²) >= 11 is 0. The number of aromatic nitrogens is 2. The maximum Gasteiger partial charge on any atom is 0.145 e. The lowest BCUT2D eigenvalue weighted by Gasteiger charge is -2.36. The van der Waals surface area contributed by atoms with E-state index in [1.807, 2.05) is 6.20 Å². The fourth-order valence-electron chi connectivity index (χ4n) is 1.66. The predicted molar refractivity (Wildman–Crippen MR) is 50.1 cm³/mol. The van der Waals surface area contributed by atoms with E-state index >= 15 is 0 Å². The second kappa shape index (κ2) is 3.03. The van der Waals surface area contributed by atoms with Crippen LogP contribution in [0.25, 0.3) is 0 Å². The van der Waals surface area contributed by atoms with Crippen LogP contribution in [-0.4, -0.2) is 20.5 Å². The van der Waals surface area contributed by atoms with Crippen molar-refractivity contribution in [3.63, 3.8) is 0 Å². The first-order valence-electron chi connectivity index (χ1n) is 4.69. The highest BCUT2D eigenvalue weighted by Crippen LogP contribution is 2.34. The summed E-state index contributed by atoms with van der Waals surface area (Å²) < 4.78 is 1.78. The molecule has 0 saturated heterocycles. The van der Waals surface area contributed by atoms with Gasteiger partial charge in [0.05, 0.1) is 5.60 Å². The third-order valence-electron chi connectivity index (χ3n) is 2.75. The van der Waals surface area contributed by atoms with Gasteiger partial charge in [-0.3, -0.25) is 4.68 Å². The van der Waals surface area contributed by atoms with Crippen LogP contribution in [0.1, 0.15) is 25.7 Å². The molecule has 1 fully saturated rings. The third kappa shape index (κ3) is 1.83. The van der Waals surface area contributed by atoms with Gasteiger partial charge in [0, 0.05) is 12.7 Å². The van der Waals surface area contributed by atoms with E-state index in [-0.39, 0.29) is 0 Å². The summed E-state index contributed by atoms with van der Waals surface area (Å²) in [7, 11) is 0. The third-order valence-corrected chi connectivity index (χ3v) is 2.75. The Morgan fingerprint density at radius 1 is 1.62 bits per heavy atom. The molecular formula is C9H15N3O. The van der Waals surface area contributed by atoms with Crippen molar-refractivity contribution >= 4 is 5.82 Å². The topological polar surface area (TPSA) is 64.1 Å². The van der Waals surface area contributed by atoms with Crippen LogP contribution in [0.15, 0.2) is 12.3 Å². The Morgan fingerprint density at radius 3 is 2.85 bits per heavy atom. The molecule has 0 bridgehead atoms. The molecule has 0 aliphatic heterocycles. The molecule has 4 heteroatoms. The SMILES string of the molecule is Nc1ccn(CCC2(O)CCC2)n1. The van der Waals surface area contributed by atoms with Crippen LogP contribution in [0.3, 0.4) is 0 Å². The molecule has 1 aromatic heterocycles. The summed E-state index contributed by atoms with van der Waals surface area (Å²) in [6.07, 6.45) is 5.65. The Kier molecular flexibility index (Phi) is 2.00. The van der Waals surface area contributed by atoms with E-state index in [2.05, 4.69) is 5.10 Å². The van der Waals surface area contributed by atoms with Crippen molar-refractivity contribution in [1.82, 2.24) is 9.78 Å². The first-order valence-corrected chi connectivity index (χ1v) is 4.69. The molecule has 0 spiro atoms. The zero-order valence-corrected chi connectivity index (χ0v) is 7.61. The zero-order chi connectivity index (χ0) is 9.31. The molecule has 13 heavy (non-hydrogen) atoms. The van der Waals surface area contributed by atoms with E-state index in [1.54, 1.807) is 10.7 Å². The van der Waals surface area contributed by atoms with Gasteiger partial charge in [0.1, 0.15) is 5.82 Å². The second-order valence-electron chi connectivity index (χ2n) is 3.83. The predicted octanol–water partition coefficient (Wildman–Crippen LogP) is 0.770. The van der Waals surface area contributed by atoms with Crippen molar-refractivity contribution < 1.29 is 5.11 Å². The molecule has 4 nitrogen and oxygen atoms in total. The number of aliphatic hydroxyl groups is 1. The lowest BCUT2D eigenvalue weighted by molar-refractivity contribution is -0.0438. The highest BCUT2D eigenvalue weighted by Gasteiger charge is 2.33. The minimum Gasteiger partial charge on any atom is -0.390 e. The number of anilines is 1. The fourth-order valence-corrected chi connectivity index (χ4v) is 1.66. The van der Waals surface area contributed by atoms with Gasteiger partial charge >= 0.3 is 0 Å². The van der Waals surface area contributed by atoms with Crippen molar-refractivity contribution in [3.8, 4) is 0 Å². The molecule has 1 saturated carbocycles. The van der Waals surface area contributed by atoms with Gasteiger partial charge in [-0.15, -0.1) is 0 Å². The normalized spacial score (nSPS) is 19.8. The minimum atomic E-state index is -0.416. The standard InChI is InChI=1S/C9H15N3O/c10-8-2-6-12(11-8)7-5-9(13)3-1-4-9/h2,6,13H,1,3-5,7H2,(H2,10,11). The van der Waals surface area contributed by atoms with E-state index in [1.165, 1.54) is 0 Å². The molecule has 0 radical (unpaired) electrons. The summed E-state index contributed by atoms with van der Waals surface area (Å²) in [6.45, 7) is 0.758. The Balaban J connectivity index is 1.85. The number of nitrogens with two attached hydrogens (primary N) is 1. The van der Waals surface area contributed by atoms with E-state index in [0.29, 0.717) is 5.82 Å². The molecule has 0 aromatic carbocycles.